The number of aromatic nitrogens is 2. The Balaban J connectivity index is 2.51. The van der Waals surface area contributed by atoms with Crippen molar-refractivity contribution in [1.82, 2.24) is 9.38 Å². The monoisotopic (exact) mass is 260 g/mol. The van der Waals surface area contributed by atoms with Crippen molar-refractivity contribution in [2.45, 2.75) is 13.8 Å². The van der Waals surface area contributed by atoms with Crippen molar-refractivity contribution in [1.29, 1.82) is 0 Å². The standard InChI is InChI=1S/C13H12N2O2S/c1-3-17-10-6-4-5-9-11(10)12(16)15-8(2)7-18-13(15)14-9/h4-7H,3H2,1-2H3. The van der Waals surface area contributed by atoms with E-state index in [0.29, 0.717) is 23.3 Å². The molecule has 0 aliphatic heterocycles. The van der Waals surface area contributed by atoms with Crippen molar-refractivity contribution in [2.75, 3.05) is 6.61 Å². The third-order valence-electron chi connectivity index (χ3n) is 2.82. The summed E-state index contributed by atoms with van der Waals surface area (Å²) >= 11 is 1.47. The zero-order chi connectivity index (χ0) is 12.7. The average Bonchev–Trinajstić information content (AvgIpc) is 2.72. The molecule has 0 saturated carbocycles. The molecule has 0 spiro atoms. The van der Waals surface area contributed by atoms with Crippen LogP contribution in [0.5, 0.6) is 5.75 Å². The Morgan fingerprint density at radius 1 is 1.44 bits per heavy atom. The fraction of sp³-hybridized carbons (Fsp3) is 0.231. The van der Waals surface area contributed by atoms with Gasteiger partial charge in [0, 0.05) is 11.1 Å². The van der Waals surface area contributed by atoms with Crippen molar-refractivity contribution < 1.29 is 4.74 Å². The molecule has 0 N–H and O–H groups in total. The van der Waals surface area contributed by atoms with Crippen LogP contribution in [0.25, 0.3) is 15.9 Å². The summed E-state index contributed by atoms with van der Waals surface area (Å²) in [5.74, 6) is 0.604. The van der Waals surface area contributed by atoms with Crippen molar-refractivity contribution in [2.24, 2.45) is 0 Å². The zero-order valence-corrected chi connectivity index (χ0v) is 11.0. The molecule has 4 nitrogen and oxygen atoms in total. The smallest absolute Gasteiger partial charge is 0.270 e. The molecule has 0 bridgehead atoms. The second kappa shape index (κ2) is 4.10. The Morgan fingerprint density at radius 3 is 3.06 bits per heavy atom. The minimum atomic E-state index is -0.0576. The van der Waals surface area contributed by atoms with Crippen LogP contribution in [0, 0.1) is 6.92 Å². The summed E-state index contributed by atoms with van der Waals surface area (Å²) in [5, 5.41) is 2.49. The summed E-state index contributed by atoms with van der Waals surface area (Å²) in [5.41, 5.74) is 1.53. The van der Waals surface area contributed by atoms with E-state index in [2.05, 4.69) is 4.98 Å². The van der Waals surface area contributed by atoms with E-state index in [9.17, 15) is 4.79 Å². The molecule has 2 heterocycles. The molecule has 0 radical (unpaired) electrons. The van der Waals surface area contributed by atoms with E-state index in [-0.39, 0.29) is 5.56 Å². The van der Waals surface area contributed by atoms with Crippen LogP contribution in [0.1, 0.15) is 12.6 Å². The number of aryl methyl sites for hydroxylation is 1. The number of hydrogen-bond acceptors (Lipinski definition) is 4. The van der Waals surface area contributed by atoms with Crippen LogP contribution in [-0.4, -0.2) is 16.0 Å². The van der Waals surface area contributed by atoms with Crippen molar-refractivity contribution in [3.05, 3.63) is 39.6 Å². The summed E-state index contributed by atoms with van der Waals surface area (Å²) in [6.07, 6.45) is 0. The molecule has 3 rings (SSSR count). The minimum Gasteiger partial charge on any atom is -0.493 e. The summed E-state index contributed by atoms with van der Waals surface area (Å²) in [6.45, 7) is 4.34. The van der Waals surface area contributed by atoms with Gasteiger partial charge in [0.2, 0.25) is 0 Å². The van der Waals surface area contributed by atoms with Gasteiger partial charge in [-0.05, 0) is 26.0 Å². The topological polar surface area (TPSA) is 43.6 Å². The molecule has 3 aromatic rings. The molecule has 0 fully saturated rings. The predicted molar refractivity (Wildman–Crippen MR) is 72.8 cm³/mol. The maximum Gasteiger partial charge on any atom is 0.270 e. The molecular weight excluding hydrogens is 248 g/mol. The van der Waals surface area contributed by atoms with E-state index in [1.807, 2.05) is 37.4 Å². The van der Waals surface area contributed by atoms with Gasteiger partial charge >= 0.3 is 0 Å². The number of nitrogens with zero attached hydrogens (tertiary/aromatic N) is 2. The lowest BCUT2D eigenvalue weighted by atomic mass is 10.2. The van der Waals surface area contributed by atoms with Gasteiger partial charge in [-0.1, -0.05) is 6.07 Å². The summed E-state index contributed by atoms with van der Waals surface area (Å²) in [6, 6.07) is 5.51. The maximum atomic E-state index is 12.5. The highest BCUT2D eigenvalue weighted by Crippen LogP contribution is 2.23. The largest absolute Gasteiger partial charge is 0.493 e. The van der Waals surface area contributed by atoms with Crippen LogP contribution in [-0.2, 0) is 0 Å². The van der Waals surface area contributed by atoms with E-state index >= 15 is 0 Å². The quantitative estimate of drug-likeness (QED) is 0.711. The highest BCUT2D eigenvalue weighted by atomic mass is 32.1. The summed E-state index contributed by atoms with van der Waals surface area (Å²) in [4.78, 5) is 17.7. The zero-order valence-electron chi connectivity index (χ0n) is 10.1. The Labute approximate surface area is 107 Å². The minimum absolute atomic E-state index is 0.0576. The molecule has 18 heavy (non-hydrogen) atoms. The highest BCUT2D eigenvalue weighted by molar-refractivity contribution is 7.15. The van der Waals surface area contributed by atoms with E-state index < -0.39 is 0 Å². The number of fused-ring (bicyclic) bond motifs is 2. The van der Waals surface area contributed by atoms with Gasteiger partial charge in [0.1, 0.15) is 11.1 Å². The van der Waals surface area contributed by atoms with Gasteiger partial charge in [-0.15, -0.1) is 11.3 Å². The van der Waals surface area contributed by atoms with Crippen LogP contribution in [0.3, 0.4) is 0 Å². The van der Waals surface area contributed by atoms with Gasteiger partial charge in [0.05, 0.1) is 12.1 Å². The van der Waals surface area contributed by atoms with E-state index in [1.165, 1.54) is 11.3 Å². The second-order valence-electron chi connectivity index (χ2n) is 4.00. The first kappa shape index (κ1) is 11.2. The van der Waals surface area contributed by atoms with Crippen molar-refractivity contribution in [3.8, 4) is 5.75 Å². The van der Waals surface area contributed by atoms with E-state index in [0.717, 1.165) is 10.7 Å². The van der Waals surface area contributed by atoms with Gasteiger partial charge < -0.3 is 4.74 Å². The predicted octanol–water partition coefficient (Wildman–Crippen LogP) is 2.62. The van der Waals surface area contributed by atoms with Crippen LogP contribution >= 0.6 is 11.3 Å². The van der Waals surface area contributed by atoms with Gasteiger partial charge in [-0.2, -0.15) is 0 Å². The number of rotatable bonds is 2. The third-order valence-corrected chi connectivity index (χ3v) is 3.76. The fourth-order valence-electron chi connectivity index (χ4n) is 2.04. The van der Waals surface area contributed by atoms with Crippen LogP contribution in [0.2, 0.25) is 0 Å². The Bertz CT molecular complexity index is 789. The normalized spacial score (nSPS) is 11.2. The maximum absolute atomic E-state index is 12.5. The lowest BCUT2D eigenvalue weighted by Gasteiger charge is -2.06. The lowest BCUT2D eigenvalue weighted by molar-refractivity contribution is 0.344. The first-order valence-corrected chi connectivity index (χ1v) is 6.62. The molecular formula is C13H12N2O2S. The number of thiazole rings is 1. The lowest BCUT2D eigenvalue weighted by Crippen LogP contribution is -2.15. The fourth-order valence-corrected chi connectivity index (χ4v) is 2.90. The number of ether oxygens (including phenoxy) is 1. The number of hydrogen-bond donors (Lipinski definition) is 0. The second-order valence-corrected chi connectivity index (χ2v) is 4.83. The molecule has 2 aromatic heterocycles. The van der Waals surface area contributed by atoms with Crippen LogP contribution in [0.15, 0.2) is 28.4 Å². The SMILES string of the molecule is CCOc1cccc2nc3scc(C)n3c(=O)c12. The van der Waals surface area contributed by atoms with Gasteiger partial charge in [-0.3, -0.25) is 9.20 Å². The van der Waals surface area contributed by atoms with Crippen molar-refractivity contribution >= 4 is 27.2 Å². The molecule has 0 amide bonds. The van der Waals surface area contributed by atoms with Crippen LogP contribution < -0.4 is 10.3 Å². The van der Waals surface area contributed by atoms with Crippen molar-refractivity contribution in [3.63, 3.8) is 0 Å². The molecule has 5 heteroatoms. The third kappa shape index (κ3) is 1.51. The number of benzene rings is 1. The van der Waals surface area contributed by atoms with Crippen LogP contribution in [0.4, 0.5) is 0 Å². The molecule has 0 atom stereocenters. The summed E-state index contributed by atoms with van der Waals surface area (Å²) in [7, 11) is 0. The Morgan fingerprint density at radius 2 is 2.28 bits per heavy atom. The Hall–Kier alpha value is -1.88. The molecule has 0 unspecified atom stereocenters. The van der Waals surface area contributed by atoms with E-state index in [1.54, 1.807) is 4.40 Å². The van der Waals surface area contributed by atoms with Gasteiger partial charge in [-0.25, -0.2) is 4.98 Å². The highest BCUT2D eigenvalue weighted by Gasteiger charge is 2.12. The first-order valence-electron chi connectivity index (χ1n) is 5.74. The summed E-state index contributed by atoms with van der Waals surface area (Å²) < 4.78 is 7.15. The molecule has 0 aliphatic carbocycles. The average molecular weight is 260 g/mol. The first-order chi connectivity index (χ1) is 8.72. The molecule has 92 valence electrons. The van der Waals surface area contributed by atoms with E-state index in [4.69, 9.17) is 4.74 Å². The van der Waals surface area contributed by atoms with Gasteiger partial charge in [0.25, 0.3) is 5.56 Å². The Kier molecular flexibility index (Phi) is 2.56. The molecule has 0 aliphatic rings. The molecule has 1 aromatic carbocycles. The van der Waals surface area contributed by atoms with Gasteiger partial charge in [0.15, 0.2) is 4.96 Å². The molecule has 0 saturated heterocycles.